The second-order valence-corrected chi connectivity index (χ2v) is 4.82. The number of hydrogen-bond donors (Lipinski definition) is 3. The van der Waals surface area contributed by atoms with Crippen LogP contribution in [-0.2, 0) is 9.59 Å². The minimum Gasteiger partial charge on any atom is -0.354 e. The fourth-order valence-electron chi connectivity index (χ4n) is 0.857. The van der Waals surface area contributed by atoms with Crippen molar-refractivity contribution in [3.8, 4) is 0 Å². The first-order chi connectivity index (χ1) is 6.84. The maximum Gasteiger partial charge on any atom is 0.242 e. The summed E-state index contributed by atoms with van der Waals surface area (Å²) in [6.45, 7) is 7.97. The van der Waals surface area contributed by atoms with Gasteiger partial charge in [-0.2, -0.15) is 12.6 Å². The molecule has 0 aromatic heterocycles. The van der Waals surface area contributed by atoms with Crippen molar-refractivity contribution >= 4 is 24.4 Å². The Labute approximate surface area is 96.6 Å². The van der Waals surface area contributed by atoms with Crippen molar-refractivity contribution in [1.29, 1.82) is 0 Å². The predicted molar refractivity (Wildman–Crippen MR) is 63.9 cm³/mol. The van der Waals surface area contributed by atoms with Crippen molar-refractivity contribution < 1.29 is 9.59 Å². The number of hydrogen-bond acceptors (Lipinski definition) is 3. The number of carbonyl (C=O) groups excluding carboxylic acids is 2. The molecule has 0 spiro atoms. The zero-order chi connectivity index (χ0) is 12.0. The van der Waals surface area contributed by atoms with Crippen LogP contribution in [0.3, 0.4) is 0 Å². The van der Waals surface area contributed by atoms with Crippen LogP contribution in [0.15, 0.2) is 0 Å². The van der Waals surface area contributed by atoms with Gasteiger partial charge in [0.15, 0.2) is 0 Å². The molecule has 2 unspecified atom stereocenters. The second kappa shape index (κ2) is 6.71. The van der Waals surface area contributed by atoms with Crippen molar-refractivity contribution in [1.82, 2.24) is 10.6 Å². The van der Waals surface area contributed by atoms with Gasteiger partial charge >= 0.3 is 0 Å². The molecule has 88 valence electrons. The molecule has 0 heterocycles. The highest BCUT2D eigenvalue weighted by atomic mass is 32.1. The highest BCUT2D eigenvalue weighted by Gasteiger charge is 2.17. The van der Waals surface area contributed by atoms with E-state index in [2.05, 4.69) is 23.3 Å². The zero-order valence-corrected chi connectivity index (χ0v) is 10.6. The second-order valence-electron chi connectivity index (χ2n) is 4.05. The Morgan fingerprint density at radius 3 is 2.07 bits per heavy atom. The van der Waals surface area contributed by atoms with Gasteiger partial charge in [0.1, 0.15) is 6.04 Å². The number of rotatable bonds is 5. The van der Waals surface area contributed by atoms with Gasteiger partial charge in [-0.3, -0.25) is 9.59 Å². The molecule has 5 heteroatoms. The third kappa shape index (κ3) is 6.38. The lowest BCUT2D eigenvalue weighted by Gasteiger charge is -2.16. The first kappa shape index (κ1) is 14.3. The lowest BCUT2D eigenvalue weighted by Crippen LogP contribution is -2.47. The topological polar surface area (TPSA) is 58.2 Å². The molecule has 0 rings (SSSR count). The smallest absolute Gasteiger partial charge is 0.242 e. The normalized spacial score (nSPS) is 14.5. The maximum atomic E-state index is 11.5. The molecular weight excluding hydrogens is 212 g/mol. The highest BCUT2D eigenvalue weighted by Crippen LogP contribution is 1.94. The Bertz CT molecular complexity index is 229. The summed E-state index contributed by atoms with van der Waals surface area (Å²) in [6, 6.07) is -0.508. The minimum atomic E-state index is -0.508. The molecule has 0 saturated heterocycles. The van der Waals surface area contributed by atoms with Crippen LogP contribution in [0, 0.1) is 5.92 Å². The molecule has 2 N–H and O–H groups in total. The molecule has 2 atom stereocenters. The molecular formula is C10H20N2O2S. The maximum absolute atomic E-state index is 11.5. The Hall–Kier alpha value is -0.710. The first-order valence-electron chi connectivity index (χ1n) is 5.10. The lowest BCUT2D eigenvalue weighted by atomic mass is 10.2. The fourth-order valence-corrected chi connectivity index (χ4v) is 0.932. The first-order valence-corrected chi connectivity index (χ1v) is 5.62. The molecule has 0 aliphatic heterocycles. The van der Waals surface area contributed by atoms with Gasteiger partial charge in [-0.25, -0.2) is 0 Å². The van der Waals surface area contributed by atoms with Crippen LogP contribution in [-0.4, -0.2) is 29.7 Å². The van der Waals surface area contributed by atoms with Crippen LogP contribution in [0.5, 0.6) is 0 Å². The van der Waals surface area contributed by atoms with Crippen molar-refractivity contribution in [2.45, 2.75) is 39.0 Å². The third-order valence-corrected chi connectivity index (χ3v) is 2.05. The standard InChI is InChI=1S/C10H20N2O2S/c1-6(2)5-11-9(13)7(3)12-10(14)8(4)15/h6-8,15H,5H2,1-4H3,(H,11,13)(H,12,14). The molecule has 0 aromatic carbocycles. The van der Waals surface area contributed by atoms with Gasteiger partial charge in [-0.05, 0) is 19.8 Å². The van der Waals surface area contributed by atoms with Gasteiger partial charge in [0, 0.05) is 6.54 Å². The van der Waals surface area contributed by atoms with Crippen LogP contribution in [0.4, 0.5) is 0 Å². The molecule has 0 aliphatic rings. The number of carbonyl (C=O) groups is 2. The molecule has 0 bridgehead atoms. The summed E-state index contributed by atoms with van der Waals surface area (Å²) in [6.07, 6.45) is 0. The van der Waals surface area contributed by atoms with Gasteiger partial charge in [0.05, 0.1) is 5.25 Å². The van der Waals surface area contributed by atoms with Crippen molar-refractivity contribution in [2.75, 3.05) is 6.54 Å². The van der Waals surface area contributed by atoms with Crippen LogP contribution in [0.2, 0.25) is 0 Å². The summed E-state index contributed by atoms with van der Waals surface area (Å²) in [4.78, 5) is 22.7. The average molecular weight is 232 g/mol. The van der Waals surface area contributed by atoms with E-state index in [0.29, 0.717) is 12.5 Å². The van der Waals surface area contributed by atoms with Crippen LogP contribution in [0.1, 0.15) is 27.7 Å². The van der Waals surface area contributed by atoms with Crippen LogP contribution >= 0.6 is 12.6 Å². The summed E-state index contributed by atoms with van der Waals surface area (Å²) in [5.41, 5.74) is 0. The molecule has 0 fully saturated rings. The molecule has 15 heavy (non-hydrogen) atoms. The Balaban J connectivity index is 3.94. The van der Waals surface area contributed by atoms with E-state index in [0.717, 1.165) is 0 Å². The summed E-state index contributed by atoms with van der Waals surface area (Å²) in [5, 5.41) is 4.93. The van der Waals surface area contributed by atoms with E-state index < -0.39 is 11.3 Å². The zero-order valence-electron chi connectivity index (χ0n) is 9.70. The van der Waals surface area contributed by atoms with Gasteiger partial charge in [-0.15, -0.1) is 0 Å². The average Bonchev–Trinajstić information content (AvgIpc) is 2.13. The number of thiol groups is 1. The summed E-state index contributed by atoms with van der Waals surface area (Å²) in [5.74, 6) is 0.0113. The summed E-state index contributed by atoms with van der Waals surface area (Å²) >= 11 is 3.98. The molecule has 0 aromatic rings. The van der Waals surface area contributed by atoms with Gasteiger partial charge < -0.3 is 10.6 Å². The van der Waals surface area contributed by atoms with E-state index in [1.807, 2.05) is 13.8 Å². The quantitative estimate of drug-likeness (QED) is 0.607. The molecule has 0 saturated carbocycles. The molecule has 0 aliphatic carbocycles. The Morgan fingerprint density at radius 2 is 1.67 bits per heavy atom. The number of amides is 2. The monoisotopic (exact) mass is 232 g/mol. The van der Waals surface area contributed by atoms with Crippen molar-refractivity contribution in [3.63, 3.8) is 0 Å². The van der Waals surface area contributed by atoms with Gasteiger partial charge in [-0.1, -0.05) is 13.8 Å². The Kier molecular flexibility index (Phi) is 6.40. The van der Waals surface area contributed by atoms with E-state index in [-0.39, 0.29) is 11.8 Å². The van der Waals surface area contributed by atoms with Crippen LogP contribution in [0.25, 0.3) is 0 Å². The van der Waals surface area contributed by atoms with E-state index in [1.54, 1.807) is 13.8 Å². The predicted octanol–water partition coefficient (Wildman–Crippen LogP) is 0.582. The summed E-state index contributed by atoms with van der Waals surface area (Å²) in [7, 11) is 0. The fraction of sp³-hybridized carbons (Fsp3) is 0.800. The number of nitrogens with one attached hydrogen (secondary N) is 2. The van der Waals surface area contributed by atoms with E-state index in [1.165, 1.54) is 0 Å². The van der Waals surface area contributed by atoms with Gasteiger partial charge in [0.25, 0.3) is 0 Å². The lowest BCUT2D eigenvalue weighted by molar-refractivity contribution is -0.128. The Morgan fingerprint density at radius 1 is 1.13 bits per heavy atom. The van der Waals surface area contributed by atoms with E-state index in [9.17, 15) is 9.59 Å². The van der Waals surface area contributed by atoms with E-state index >= 15 is 0 Å². The van der Waals surface area contributed by atoms with E-state index in [4.69, 9.17) is 0 Å². The minimum absolute atomic E-state index is 0.161. The van der Waals surface area contributed by atoms with Crippen molar-refractivity contribution in [3.05, 3.63) is 0 Å². The van der Waals surface area contributed by atoms with Gasteiger partial charge in [0.2, 0.25) is 11.8 Å². The molecule has 4 nitrogen and oxygen atoms in total. The third-order valence-electron chi connectivity index (χ3n) is 1.82. The molecule has 2 amide bonds. The summed E-state index contributed by atoms with van der Waals surface area (Å²) < 4.78 is 0. The highest BCUT2D eigenvalue weighted by molar-refractivity contribution is 7.81. The van der Waals surface area contributed by atoms with Crippen molar-refractivity contribution in [2.24, 2.45) is 5.92 Å². The molecule has 0 radical (unpaired) electrons. The van der Waals surface area contributed by atoms with Crippen LogP contribution < -0.4 is 10.6 Å². The SMILES string of the molecule is CC(C)CNC(=O)C(C)NC(=O)C(C)S. The largest absolute Gasteiger partial charge is 0.354 e.